The molecule has 9 heteroatoms. The van der Waals surface area contributed by atoms with Crippen molar-refractivity contribution < 1.29 is 9.21 Å². The Balaban J connectivity index is 2.03. The molecule has 2 aromatic heterocycles. The molecule has 2 heterocycles. The second kappa shape index (κ2) is 4.23. The molecule has 3 aromatic rings. The monoisotopic (exact) mass is 274 g/mol. The molecular weight excluding hydrogens is 264 g/mol. The number of hydrogen-bond donors (Lipinski definition) is 2. The fourth-order valence-electron chi connectivity index (χ4n) is 1.85. The highest BCUT2D eigenvalue weighted by Gasteiger charge is 2.17. The predicted octanol–water partition coefficient (Wildman–Crippen LogP) is -0.309. The van der Waals surface area contributed by atoms with Gasteiger partial charge < -0.3 is 15.9 Å². The molecule has 102 valence electrons. The minimum absolute atomic E-state index is 0.190. The zero-order valence-corrected chi connectivity index (χ0v) is 10.2. The van der Waals surface area contributed by atoms with Crippen LogP contribution in [-0.4, -0.2) is 25.5 Å². The van der Waals surface area contributed by atoms with Crippen molar-refractivity contribution in [1.29, 1.82) is 0 Å². The molecule has 0 fully saturated rings. The lowest BCUT2D eigenvalue weighted by Gasteiger charge is -2.00. The number of hydrogen-bond acceptors (Lipinski definition) is 7. The maximum atomic E-state index is 12.1. The van der Waals surface area contributed by atoms with Gasteiger partial charge in [-0.1, -0.05) is 0 Å². The Hall–Kier alpha value is -3.10. The Labute approximate surface area is 111 Å². The molecule has 0 unspecified atom stereocenters. The highest BCUT2D eigenvalue weighted by atomic mass is 16.4. The average molecular weight is 274 g/mol. The molecule has 0 saturated heterocycles. The van der Waals surface area contributed by atoms with Gasteiger partial charge in [0.1, 0.15) is 6.54 Å². The second-order valence-electron chi connectivity index (χ2n) is 4.12. The largest absolute Gasteiger partial charge is 0.426 e. The van der Waals surface area contributed by atoms with Gasteiger partial charge in [0.2, 0.25) is 0 Å². The van der Waals surface area contributed by atoms with Crippen molar-refractivity contribution in [1.82, 2.24) is 19.6 Å². The van der Waals surface area contributed by atoms with Crippen LogP contribution in [0.25, 0.3) is 11.1 Å². The van der Waals surface area contributed by atoms with Crippen molar-refractivity contribution in [3.8, 4) is 0 Å². The minimum atomic E-state index is -0.782. The molecule has 1 aromatic carbocycles. The van der Waals surface area contributed by atoms with Gasteiger partial charge in [-0.05, 0) is 12.1 Å². The molecule has 0 saturated carbocycles. The van der Waals surface area contributed by atoms with Crippen LogP contribution >= 0.6 is 0 Å². The number of nitrogens with zero attached hydrogens (tertiary/aromatic N) is 4. The van der Waals surface area contributed by atoms with Gasteiger partial charge in [0, 0.05) is 11.8 Å². The third kappa shape index (κ3) is 1.90. The Kier molecular flexibility index (Phi) is 2.53. The van der Waals surface area contributed by atoms with Gasteiger partial charge >= 0.3 is 5.76 Å². The molecule has 9 nitrogen and oxygen atoms in total. The van der Waals surface area contributed by atoms with Crippen molar-refractivity contribution in [3.05, 3.63) is 34.9 Å². The summed E-state index contributed by atoms with van der Waals surface area (Å²) in [4.78, 5) is 25.0. The van der Waals surface area contributed by atoms with Crippen molar-refractivity contribution in [3.63, 3.8) is 0 Å². The molecule has 0 aliphatic heterocycles. The molecular formula is C11H10N6O3. The van der Waals surface area contributed by atoms with Gasteiger partial charge in [-0.25, -0.2) is 9.36 Å². The SMILES string of the molecule is Nc1ccc2c(c1)oc(=O)n2C(=O)Cn1ncc(N)n1. The van der Waals surface area contributed by atoms with E-state index in [-0.39, 0.29) is 17.9 Å². The van der Waals surface area contributed by atoms with Crippen molar-refractivity contribution in [2.45, 2.75) is 6.54 Å². The Morgan fingerprint density at radius 1 is 1.35 bits per heavy atom. The first-order valence-electron chi connectivity index (χ1n) is 5.64. The first-order chi connectivity index (χ1) is 9.54. The zero-order valence-electron chi connectivity index (χ0n) is 10.2. The van der Waals surface area contributed by atoms with Crippen molar-refractivity contribution in [2.75, 3.05) is 11.5 Å². The molecule has 0 aliphatic rings. The molecule has 0 aliphatic carbocycles. The number of aromatic nitrogens is 4. The van der Waals surface area contributed by atoms with E-state index in [2.05, 4.69) is 10.2 Å². The van der Waals surface area contributed by atoms with Crippen molar-refractivity contribution in [2.24, 2.45) is 0 Å². The summed E-state index contributed by atoms with van der Waals surface area (Å²) in [6.07, 6.45) is 1.31. The van der Waals surface area contributed by atoms with Crippen LogP contribution < -0.4 is 17.2 Å². The van der Waals surface area contributed by atoms with Gasteiger partial charge in [-0.15, -0.1) is 5.10 Å². The molecule has 0 amide bonds. The lowest BCUT2D eigenvalue weighted by molar-refractivity contribution is 0.0877. The number of carbonyl (C=O) groups is 1. The quantitative estimate of drug-likeness (QED) is 0.612. The molecule has 0 radical (unpaired) electrons. The zero-order chi connectivity index (χ0) is 14.3. The topological polar surface area (TPSA) is 135 Å². The summed E-state index contributed by atoms with van der Waals surface area (Å²) in [5.74, 6) is -1.13. The highest BCUT2D eigenvalue weighted by molar-refractivity contribution is 5.89. The van der Waals surface area contributed by atoms with E-state index < -0.39 is 11.7 Å². The molecule has 0 atom stereocenters. The summed E-state index contributed by atoms with van der Waals surface area (Å²) in [5.41, 5.74) is 12.0. The van der Waals surface area contributed by atoms with E-state index in [4.69, 9.17) is 15.9 Å². The van der Waals surface area contributed by atoms with Crippen LogP contribution in [0.3, 0.4) is 0 Å². The summed E-state index contributed by atoms with van der Waals surface area (Å²) in [5, 5.41) is 7.56. The summed E-state index contributed by atoms with van der Waals surface area (Å²) >= 11 is 0. The normalized spacial score (nSPS) is 11.0. The fraction of sp³-hybridized carbons (Fsp3) is 0.0909. The lowest BCUT2D eigenvalue weighted by Crippen LogP contribution is -2.27. The molecule has 3 rings (SSSR count). The molecule has 0 bridgehead atoms. The number of rotatable bonds is 2. The van der Waals surface area contributed by atoms with E-state index in [1.165, 1.54) is 12.3 Å². The predicted molar refractivity (Wildman–Crippen MR) is 69.9 cm³/mol. The van der Waals surface area contributed by atoms with Crippen LogP contribution in [0, 0.1) is 0 Å². The third-order valence-corrected chi connectivity index (χ3v) is 2.68. The number of fused-ring (bicyclic) bond motifs is 1. The van der Waals surface area contributed by atoms with Gasteiger partial charge in [-0.3, -0.25) is 4.79 Å². The molecule has 20 heavy (non-hydrogen) atoms. The Morgan fingerprint density at radius 2 is 2.15 bits per heavy atom. The van der Waals surface area contributed by atoms with E-state index in [0.29, 0.717) is 11.2 Å². The first kappa shape index (κ1) is 12.0. The minimum Gasteiger partial charge on any atom is -0.407 e. The number of anilines is 2. The van der Waals surface area contributed by atoms with Crippen molar-refractivity contribution >= 4 is 28.5 Å². The Bertz CT molecular complexity index is 859. The maximum absolute atomic E-state index is 12.1. The second-order valence-corrected chi connectivity index (χ2v) is 4.12. The van der Waals surface area contributed by atoms with E-state index in [9.17, 15) is 9.59 Å². The van der Waals surface area contributed by atoms with E-state index in [1.807, 2.05) is 0 Å². The number of carbonyl (C=O) groups excluding carboxylic acids is 1. The fourth-order valence-corrected chi connectivity index (χ4v) is 1.85. The highest BCUT2D eigenvalue weighted by Crippen LogP contribution is 2.16. The number of nitrogen functional groups attached to an aromatic ring is 2. The van der Waals surface area contributed by atoms with Gasteiger partial charge in [0.15, 0.2) is 11.4 Å². The third-order valence-electron chi connectivity index (χ3n) is 2.68. The number of nitrogens with two attached hydrogens (primary N) is 2. The van der Waals surface area contributed by atoms with Crippen LogP contribution in [-0.2, 0) is 6.54 Å². The molecule has 0 spiro atoms. The van der Waals surface area contributed by atoms with E-state index in [1.54, 1.807) is 12.1 Å². The van der Waals surface area contributed by atoms with Crippen LogP contribution in [0.4, 0.5) is 11.5 Å². The summed E-state index contributed by atoms with van der Waals surface area (Å²) < 4.78 is 5.89. The van der Waals surface area contributed by atoms with Gasteiger partial charge in [-0.2, -0.15) is 9.90 Å². The lowest BCUT2D eigenvalue weighted by atomic mass is 10.3. The smallest absolute Gasteiger partial charge is 0.407 e. The van der Waals surface area contributed by atoms with Gasteiger partial charge in [0.25, 0.3) is 5.91 Å². The Morgan fingerprint density at radius 3 is 2.85 bits per heavy atom. The standard InChI is InChI=1S/C11H10N6O3/c12-6-1-2-7-8(3-6)20-11(19)17(7)10(18)5-16-14-4-9(13)15-16/h1-4H,5,12H2,(H2,13,15). The number of oxazole rings is 1. The molecule has 4 N–H and O–H groups in total. The summed E-state index contributed by atoms with van der Waals surface area (Å²) in [6.45, 7) is -0.226. The van der Waals surface area contributed by atoms with Crippen LogP contribution in [0.1, 0.15) is 4.79 Å². The number of benzene rings is 1. The van der Waals surface area contributed by atoms with E-state index in [0.717, 1.165) is 9.36 Å². The van der Waals surface area contributed by atoms with Gasteiger partial charge in [0.05, 0.1) is 11.7 Å². The van der Waals surface area contributed by atoms with Crippen LogP contribution in [0.15, 0.2) is 33.6 Å². The maximum Gasteiger partial charge on any atom is 0.426 e. The summed E-state index contributed by atoms with van der Waals surface area (Å²) in [7, 11) is 0. The first-order valence-corrected chi connectivity index (χ1v) is 5.64. The van der Waals surface area contributed by atoms with E-state index >= 15 is 0 Å². The summed E-state index contributed by atoms with van der Waals surface area (Å²) in [6, 6.07) is 4.59. The van der Waals surface area contributed by atoms with Crippen LogP contribution in [0.5, 0.6) is 0 Å². The average Bonchev–Trinajstić information content (AvgIpc) is 2.91. The van der Waals surface area contributed by atoms with Crippen LogP contribution in [0.2, 0.25) is 0 Å².